The second kappa shape index (κ2) is 9.57. The molecule has 0 atom stereocenters. The standard InChI is InChI=1S/C21H32N4O3/c1-5-24(15-18(26)23-21(2,3)4)19(27)16-11-13-25(14-12-16)20(28)22-17-9-7-6-8-10-17/h6-10,16H,5,11-15H2,1-4H3,(H,22,28)(H,23,26). The van der Waals surface area contributed by atoms with E-state index in [4.69, 9.17) is 0 Å². The van der Waals surface area contributed by atoms with Crippen LogP contribution in [0.3, 0.4) is 0 Å². The van der Waals surface area contributed by atoms with E-state index in [1.54, 1.807) is 9.80 Å². The van der Waals surface area contributed by atoms with Crippen LogP contribution in [0, 0.1) is 5.92 Å². The van der Waals surface area contributed by atoms with Crippen LogP contribution in [0.1, 0.15) is 40.5 Å². The van der Waals surface area contributed by atoms with E-state index in [-0.39, 0.29) is 35.8 Å². The Balaban J connectivity index is 1.84. The number of para-hydroxylation sites is 1. The fraction of sp³-hybridized carbons (Fsp3) is 0.571. The summed E-state index contributed by atoms with van der Waals surface area (Å²) in [5.74, 6) is -0.305. The highest BCUT2D eigenvalue weighted by Crippen LogP contribution is 2.20. The monoisotopic (exact) mass is 388 g/mol. The lowest BCUT2D eigenvalue weighted by molar-refractivity contribution is -0.140. The van der Waals surface area contributed by atoms with E-state index >= 15 is 0 Å². The molecule has 2 N–H and O–H groups in total. The zero-order chi connectivity index (χ0) is 20.7. The molecular formula is C21H32N4O3. The summed E-state index contributed by atoms with van der Waals surface area (Å²) >= 11 is 0. The third-order valence-electron chi connectivity index (χ3n) is 4.70. The van der Waals surface area contributed by atoms with Gasteiger partial charge in [-0.2, -0.15) is 0 Å². The van der Waals surface area contributed by atoms with Crippen LogP contribution >= 0.6 is 0 Å². The summed E-state index contributed by atoms with van der Waals surface area (Å²) in [6.45, 7) is 9.25. The van der Waals surface area contributed by atoms with Crippen LogP contribution in [0.15, 0.2) is 30.3 Å². The molecule has 0 aliphatic carbocycles. The second-order valence-electron chi connectivity index (χ2n) is 8.21. The molecule has 0 saturated carbocycles. The fourth-order valence-electron chi connectivity index (χ4n) is 3.29. The predicted octanol–water partition coefficient (Wildman–Crippen LogP) is 2.69. The maximum atomic E-state index is 12.8. The summed E-state index contributed by atoms with van der Waals surface area (Å²) < 4.78 is 0. The molecule has 4 amide bonds. The second-order valence-corrected chi connectivity index (χ2v) is 8.21. The molecule has 1 aromatic rings. The molecule has 0 radical (unpaired) electrons. The lowest BCUT2D eigenvalue weighted by Gasteiger charge is -2.34. The van der Waals surface area contributed by atoms with E-state index in [1.165, 1.54) is 0 Å². The van der Waals surface area contributed by atoms with Gasteiger partial charge in [0.25, 0.3) is 0 Å². The van der Waals surface area contributed by atoms with E-state index < -0.39 is 0 Å². The van der Waals surface area contributed by atoms with E-state index in [0.717, 1.165) is 5.69 Å². The molecule has 28 heavy (non-hydrogen) atoms. The van der Waals surface area contributed by atoms with Gasteiger partial charge in [-0.1, -0.05) is 18.2 Å². The number of carbonyl (C=O) groups is 3. The van der Waals surface area contributed by atoms with Gasteiger partial charge in [-0.05, 0) is 52.7 Å². The number of carbonyl (C=O) groups excluding carboxylic acids is 3. The van der Waals surface area contributed by atoms with Gasteiger partial charge in [0.15, 0.2) is 0 Å². The van der Waals surface area contributed by atoms with Crippen LogP contribution < -0.4 is 10.6 Å². The normalized spacial score (nSPS) is 15.1. The van der Waals surface area contributed by atoms with Crippen LogP contribution in [-0.4, -0.2) is 59.4 Å². The molecule has 1 fully saturated rings. The van der Waals surface area contributed by atoms with Gasteiger partial charge in [-0.25, -0.2) is 4.79 Å². The number of piperidine rings is 1. The van der Waals surface area contributed by atoms with Crippen molar-refractivity contribution in [2.75, 3.05) is 31.5 Å². The summed E-state index contributed by atoms with van der Waals surface area (Å²) in [5.41, 5.74) is 0.435. The topological polar surface area (TPSA) is 81.8 Å². The number of urea groups is 1. The molecule has 0 aromatic heterocycles. The largest absolute Gasteiger partial charge is 0.350 e. The van der Waals surface area contributed by atoms with E-state index in [1.807, 2.05) is 58.0 Å². The van der Waals surface area contributed by atoms with Gasteiger partial charge in [0.1, 0.15) is 0 Å². The summed E-state index contributed by atoms with van der Waals surface area (Å²) in [4.78, 5) is 40.7. The van der Waals surface area contributed by atoms with Gasteiger partial charge in [0, 0.05) is 36.8 Å². The minimum absolute atomic E-state index is 0.00493. The van der Waals surface area contributed by atoms with Gasteiger partial charge >= 0.3 is 6.03 Å². The summed E-state index contributed by atoms with van der Waals surface area (Å²) in [6.07, 6.45) is 1.22. The lowest BCUT2D eigenvalue weighted by atomic mass is 9.95. The first-order valence-electron chi connectivity index (χ1n) is 9.90. The van der Waals surface area contributed by atoms with Crippen molar-refractivity contribution in [3.63, 3.8) is 0 Å². The highest BCUT2D eigenvalue weighted by Gasteiger charge is 2.31. The average Bonchev–Trinajstić information content (AvgIpc) is 2.65. The Morgan fingerprint density at radius 3 is 2.25 bits per heavy atom. The van der Waals surface area contributed by atoms with Crippen molar-refractivity contribution in [1.29, 1.82) is 0 Å². The maximum Gasteiger partial charge on any atom is 0.321 e. The number of nitrogens with zero attached hydrogens (tertiary/aromatic N) is 2. The number of hydrogen-bond donors (Lipinski definition) is 2. The molecule has 1 heterocycles. The minimum Gasteiger partial charge on any atom is -0.350 e. The highest BCUT2D eigenvalue weighted by atomic mass is 16.2. The van der Waals surface area contributed by atoms with Crippen molar-refractivity contribution in [2.24, 2.45) is 5.92 Å². The summed E-state index contributed by atoms with van der Waals surface area (Å²) in [7, 11) is 0. The van der Waals surface area contributed by atoms with E-state index in [0.29, 0.717) is 32.5 Å². The fourth-order valence-corrected chi connectivity index (χ4v) is 3.29. The number of hydrogen-bond acceptors (Lipinski definition) is 3. The van der Waals surface area contributed by atoms with Crippen LogP contribution in [-0.2, 0) is 9.59 Å². The molecule has 2 rings (SSSR count). The molecule has 1 aromatic carbocycles. The van der Waals surface area contributed by atoms with Gasteiger partial charge in [0.2, 0.25) is 11.8 Å². The molecule has 0 unspecified atom stereocenters. The first-order valence-corrected chi connectivity index (χ1v) is 9.90. The van der Waals surface area contributed by atoms with E-state index in [2.05, 4.69) is 10.6 Å². The number of anilines is 1. The van der Waals surface area contributed by atoms with Crippen LogP contribution in [0.2, 0.25) is 0 Å². The number of benzene rings is 1. The van der Waals surface area contributed by atoms with Gasteiger partial charge < -0.3 is 20.4 Å². The molecule has 0 spiro atoms. The Morgan fingerprint density at radius 2 is 1.71 bits per heavy atom. The summed E-state index contributed by atoms with van der Waals surface area (Å²) in [5, 5.41) is 5.77. The van der Waals surface area contributed by atoms with Gasteiger partial charge in [-0.15, -0.1) is 0 Å². The molecule has 1 saturated heterocycles. The lowest BCUT2D eigenvalue weighted by Crippen LogP contribution is -2.50. The molecular weight excluding hydrogens is 356 g/mol. The number of likely N-dealkylation sites (N-methyl/N-ethyl adjacent to an activating group) is 1. The smallest absolute Gasteiger partial charge is 0.321 e. The SMILES string of the molecule is CCN(CC(=O)NC(C)(C)C)C(=O)C1CCN(C(=O)Nc2ccccc2)CC1. The Labute approximate surface area is 167 Å². The maximum absolute atomic E-state index is 12.8. The van der Waals surface area contributed by atoms with Crippen LogP contribution in [0.25, 0.3) is 0 Å². The van der Waals surface area contributed by atoms with Crippen LogP contribution in [0.4, 0.5) is 10.5 Å². The van der Waals surface area contributed by atoms with Gasteiger partial charge in [-0.3, -0.25) is 9.59 Å². The Hall–Kier alpha value is -2.57. The van der Waals surface area contributed by atoms with Crippen molar-refractivity contribution in [2.45, 2.75) is 46.1 Å². The third kappa shape index (κ3) is 6.55. The number of amides is 4. The molecule has 1 aliphatic heterocycles. The van der Waals surface area contributed by atoms with Crippen molar-refractivity contribution in [3.05, 3.63) is 30.3 Å². The van der Waals surface area contributed by atoms with E-state index in [9.17, 15) is 14.4 Å². The molecule has 7 heteroatoms. The zero-order valence-corrected chi connectivity index (χ0v) is 17.3. The minimum atomic E-state index is -0.322. The quantitative estimate of drug-likeness (QED) is 0.814. The molecule has 154 valence electrons. The molecule has 7 nitrogen and oxygen atoms in total. The third-order valence-corrected chi connectivity index (χ3v) is 4.70. The van der Waals surface area contributed by atoms with Crippen LogP contribution in [0.5, 0.6) is 0 Å². The summed E-state index contributed by atoms with van der Waals surface area (Å²) in [6, 6.07) is 9.18. The Morgan fingerprint density at radius 1 is 1.11 bits per heavy atom. The van der Waals surface area contributed by atoms with Crippen molar-refractivity contribution in [3.8, 4) is 0 Å². The molecule has 1 aliphatic rings. The zero-order valence-electron chi connectivity index (χ0n) is 17.3. The number of rotatable bonds is 5. The van der Waals surface area contributed by atoms with Crippen molar-refractivity contribution in [1.82, 2.24) is 15.1 Å². The predicted molar refractivity (Wildman–Crippen MR) is 110 cm³/mol. The first kappa shape index (κ1) is 21.7. The Kier molecular flexibility index (Phi) is 7.43. The molecule has 0 bridgehead atoms. The van der Waals surface area contributed by atoms with Gasteiger partial charge in [0.05, 0.1) is 6.54 Å². The highest BCUT2D eigenvalue weighted by molar-refractivity contribution is 5.90. The number of nitrogens with one attached hydrogen (secondary N) is 2. The van der Waals surface area contributed by atoms with Crippen molar-refractivity contribution < 1.29 is 14.4 Å². The first-order chi connectivity index (χ1) is 13.2. The Bertz CT molecular complexity index is 677. The number of likely N-dealkylation sites (tertiary alicyclic amines) is 1. The average molecular weight is 389 g/mol. The van der Waals surface area contributed by atoms with Crippen molar-refractivity contribution >= 4 is 23.5 Å².